The Bertz CT molecular complexity index is 690. The third-order valence-electron chi connectivity index (χ3n) is 2.82. The van der Waals surface area contributed by atoms with Crippen molar-refractivity contribution in [1.29, 1.82) is 0 Å². The summed E-state index contributed by atoms with van der Waals surface area (Å²) in [4.78, 5) is 10.1. The van der Waals surface area contributed by atoms with Crippen LogP contribution in [0.4, 0.5) is 14.5 Å². The summed E-state index contributed by atoms with van der Waals surface area (Å²) in [6, 6.07) is 6.36. The molecule has 0 heterocycles. The summed E-state index contributed by atoms with van der Waals surface area (Å²) in [5.41, 5.74) is 5.72. The van der Waals surface area contributed by atoms with Gasteiger partial charge in [0.15, 0.2) is 11.6 Å². The molecule has 1 atom stereocenters. The zero-order valence-corrected chi connectivity index (χ0v) is 11.0. The van der Waals surface area contributed by atoms with Crippen LogP contribution in [0, 0.1) is 21.7 Å². The van der Waals surface area contributed by atoms with E-state index < -0.39 is 22.2 Å². The largest absolute Gasteiger partial charge is 0.447 e. The smallest absolute Gasteiger partial charge is 0.311 e. The van der Waals surface area contributed by atoms with E-state index in [2.05, 4.69) is 0 Å². The molecule has 0 aliphatic carbocycles. The molecule has 0 bridgehead atoms. The summed E-state index contributed by atoms with van der Waals surface area (Å²) in [6.45, 7) is 1.69. The van der Waals surface area contributed by atoms with E-state index in [0.29, 0.717) is 5.56 Å². The number of hydrogen-bond donors (Lipinski definition) is 1. The molecule has 2 aromatic carbocycles. The number of nitrogens with zero attached hydrogens (tertiary/aromatic N) is 1. The van der Waals surface area contributed by atoms with Crippen LogP contribution in [0.1, 0.15) is 18.5 Å². The van der Waals surface area contributed by atoms with E-state index in [1.54, 1.807) is 6.92 Å². The second kappa shape index (κ2) is 5.84. The molecule has 0 spiro atoms. The Morgan fingerprint density at radius 3 is 2.48 bits per heavy atom. The SMILES string of the molecule is C[C@@H](N)c1ccc(Oc2cc(F)ccc2[N+](=O)[O-])c(F)c1. The van der Waals surface area contributed by atoms with E-state index in [1.807, 2.05) is 0 Å². The lowest BCUT2D eigenvalue weighted by Gasteiger charge is -2.10. The lowest BCUT2D eigenvalue weighted by atomic mass is 10.1. The van der Waals surface area contributed by atoms with Gasteiger partial charge in [-0.2, -0.15) is 0 Å². The van der Waals surface area contributed by atoms with Crippen molar-refractivity contribution in [2.24, 2.45) is 5.73 Å². The zero-order chi connectivity index (χ0) is 15.6. The van der Waals surface area contributed by atoms with Gasteiger partial charge in [0.05, 0.1) is 4.92 Å². The lowest BCUT2D eigenvalue weighted by Crippen LogP contribution is -2.05. The average Bonchev–Trinajstić information content (AvgIpc) is 2.40. The monoisotopic (exact) mass is 294 g/mol. The molecule has 0 fully saturated rings. The number of hydrogen-bond acceptors (Lipinski definition) is 4. The number of rotatable bonds is 4. The fourth-order valence-electron chi connectivity index (χ4n) is 1.72. The van der Waals surface area contributed by atoms with Crippen molar-refractivity contribution in [3.05, 3.63) is 63.7 Å². The fourth-order valence-corrected chi connectivity index (χ4v) is 1.72. The van der Waals surface area contributed by atoms with Crippen LogP contribution >= 0.6 is 0 Å². The Balaban J connectivity index is 2.38. The number of nitrogens with two attached hydrogens (primary N) is 1. The molecule has 0 aliphatic rings. The number of nitro groups is 1. The topological polar surface area (TPSA) is 78.4 Å². The number of benzene rings is 2. The molecule has 0 unspecified atom stereocenters. The van der Waals surface area contributed by atoms with E-state index in [1.165, 1.54) is 18.2 Å². The Morgan fingerprint density at radius 2 is 1.90 bits per heavy atom. The second-order valence-corrected chi connectivity index (χ2v) is 4.45. The molecule has 5 nitrogen and oxygen atoms in total. The lowest BCUT2D eigenvalue weighted by molar-refractivity contribution is -0.385. The van der Waals surface area contributed by atoms with Crippen LogP contribution in [0.3, 0.4) is 0 Å². The Labute approximate surface area is 119 Å². The molecule has 0 saturated heterocycles. The van der Waals surface area contributed by atoms with Crippen molar-refractivity contribution in [2.75, 3.05) is 0 Å². The Hall–Kier alpha value is -2.54. The van der Waals surface area contributed by atoms with Crippen molar-refractivity contribution in [2.45, 2.75) is 13.0 Å². The standard InChI is InChI=1S/C14H12F2N2O3/c1-8(17)9-2-5-13(11(16)6-9)21-14-7-10(15)3-4-12(14)18(19)20/h2-8H,17H2,1H3/t8-/m1/s1. The first kappa shape index (κ1) is 14.9. The van der Waals surface area contributed by atoms with Gasteiger partial charge in [0.2, 0.25) is 5.75 Å². The minimum Gasteiger partial charge on any atom is -0.447 e. The van der Waals surface area contributed by atoms with Crippen molar-refractivity contribution in [1.82, 2.24) is 0 Å². The van der Waals surface area contributed by atoms with E-state index >= 15 is 0 Å². The van der Waals surface area contributed by atoms with Gasteiger partial charge >= 0.3 is 5.69 Å². The van der Waals surface area contributed by atoms with Gasteiger partial charge in [-0.25, -0.2) is 8.78 Å². The van der Waals surface area contributed by atoms with E-state index in [-0.39, 0.29) is 17.5 Å². The molecule has 0 aromatic heterocycles. The van der Waals surface area contributed by atoms with Gasteiger partial charge in [0.1, 0.15) is 5.82 Å². The normalized spacial score (nSPS) is 12.0. The summed E-state index contributed by atoms with van der Waals surface area (Å²) < 4.78 is 32.2. The highest BCUT2D eigenvalue weighted by molar-refractivity contribution is 5.49. The predicted molar refractivity (Wildman–Crippen MR) is 72.1 cm³/mol. The minimum absolute atomic E-state index is 0.242. The molecule has 2 aromatic rings. The van der Waals surface area contributed by atoms with E-state index in [0.717, 1.165) is 18.2 Å². The van der Waals surface area contributed by atoms with Crippen LogP contribution in [0.25, 0.3) is 0 Å². The molecule has 0 saturated carbocycles. The maximum Gasteiger partial charge on any atom is 0.311 e. The summed E-state index contributed by atoms with van der Waals surface area (Å²) in [7, 11) is 0. The van der Waals surface area contributed by atoms with Crippen molar-refractivity contribution < 1.29 is 18.4 Å². The molecular weight excluding hydrogens is 282 g/mol. The fraction of sp³-hybridized carbons (Fsp3) is 0.143. The maximum atomic E-state index is 13.9. The number of halogens is 2. The third kappa shape index (κ3) is 3.32. The van der Waals surface area contributed by atoms with Gasteiger partial charge in [0, 0.05) is 18.2 Å². The first-order valence-corrected chi connectivity index (χ1v) is 6.05. The predicted octanol–water partition coefficient (Wildman–Crippen LogP) is 3.69. The van der Waals surface area contributed by atoms with Gasteiger partial charge in [-0.15, -0.1) is 0 Å². The zero-order valence-electron chi connectivity index (χ0n) is 11.0. The van der Waals surface area contributed by atoms with Crippen molar-refractivity contribution in [3.8, 4) is 11.5 Å². The van der Waals surface area contributed by atoms with Gasteiger partial charge in [-0.1, -0.05) is 6.07 Å². The summed E-state index contributed by atoms with van der Waals surface area (Å²) in [5.74, 6) is -2.06. The molecule has 0 amide bonds. The van der Waals surface area contributed by atoms with Gasteiger partial charge in [-0.05, 0) is 30.7 Å². The van der Waals surface area contributed by atoms with Crippen LogP contribution in [0.5, 0.6) is 11.5 Å². The third-order valence-corrected chi connectivity index (χ3v) is 2.82. The van der Waals surface area contributed by atoms with E-state index in [9.17, 15) is 18.9 Å². The summed E-state index contributed by atoms with van der Waals surface area (Å²) in [6.07, 6.45) is 0. The number of nitro benzene ring substituents is 1. The van der Waals surface area contributed by atoms with Crippen molar-refractivity contribution >= 4 is 5.69 Å². The minimum atomic E-state index is -0.733. The Kier molecular flexibility index (Phi) is 4.13. The first-order valence-electron chi connectivity index (χ1n) is 6.05. The maximum absolute atomic E-state index is 13.9. The van der Waals surface area contributed by atoms with Crippen LogP contribution in [-0.2, 0) is 0 Å². The molecular formula is C14H12F2N2O3. The highest BCUT2D eigenvalue weighted by Gasteiger charge is 2.18. The molecule has 7 heteroatoms. The summed E-state index contributed by atoms with van der Waals surface area (Å²) in [5, 5.41) is 10.8. The van der Waals surface area contributed by atoms with Gasteiger partial charge in [0.25, 0.3) is 0 Å². The molecule has 2 rings (SSSR count). The molecule has 2 N–H and O–H groups in total. The molecule has 0 radical (unpaired) electrons. The summed E-state index contributed by atoms with van der Waals surface area (Å²) >= 11 is 0. The highest BCUT2D eigenvalue weighted by atomic mass is 19.1. The van der Waals surface area contributed by atoms with Crippen molar-refractivity contribution in [3.63, 3.8) is 0 Å². The molecule has 110 valence electrons. The van der Waals surface area contributed by atoms with Crippen LogP contribution in [0.2, 0.25) is 0 Å². The quantitative estimate of drug-likeness (QED) is 0.689. The molecule has 0 aliphatic heterocycles. The van der Waals surface area contributed by atoms with Crippen LogP contribution < -0.4 is 10.5 Å². The number of ether oxygens (including phenoxy) is 1. The second-order valence-electron chi connectivity index (χ2n) is 4.45. The van der Waals surface area contributed by atoms with Gasteiger partial charge in [-0.3, -0.25) is 10.1 Å². The van der Waals surface area contributed by atoms with Crippen LogP contribution in [0.15, 0.2) is 36.4 Å². The Morgan fingerprint density at radius 1 is 1.19 bits per heavy atom. The first-order chi connectivity index (χ1) is 9.88. The van der Waals surface area contributed by atoms with Gasteiger partial charge < -0.3 is 10.5 Å². The molecule has 21 heavy (non-hydrogen) atoms. The average molecular weight is 294 g/mol. The highest BCUT2D eigenvalue weighted by Crippen LogP contribution is 2.33. The van der Waals surface area contributed by atoms with Crippen LogP contribution in [-0.4, -0.2) is 4.92 Å². The van der Waals surface area contributed by atoms with E-state index in [4.69, 9.17) is 10.5 Å².